The summed E-state index contributed by atoms with van der Waals surface area (Å²) in [6.45, 7) is 0. The summed E-state index contributed by atoms with van der Waals surface area (Å²) in [5, 5.41) is 13.6. The second-order valence-electron chi connectivity index (χ2n) is 4.31. The largest absolute Gasteiger partial charge is 0.328 e. The molecule has 3 heterocycles. The Hall–Kier alpha value is -4.30. The van der Waals surface area contributed by atoms with E-state index in [1.807, 2.05) is 0 Å². The molecule has 126 valence electrons. The first-order chi connectivity index (χ1) is 11.8. The van der Waals surface area contributed by atoms with Crippen LogP contribution in [0.2, 0.25) is 0 Å². The van der Waals surface area contributed by atoms with Crippen LogP contribution in [0.5, 0.6) is 0 Å². The van der Waals surface area contributed by atoms with Gasteiger partial charge in [0.1, 0.15) is 0 Å². The molecule has 4 N–H and O–H groups in total. The predicted molar refractivity (Wildman–Crippen MR) is 71.9 cm³/mol. The third kappa shape index (κ3) is 2.96. The van der Waals surface area contributed by atoms with E-state index in [0.717, 1.165) is 0 Å². The molecule has 0 aliphatic carbocycles. The van der Waals surface area contributed by atoms with Crippen LogP contribution in [0.4, 0.5) is 21.2 Å². The lowest BCUT2D eigenvalue weighted by molar-refractivity contribution is -0.121. The number of rotatable bonds is 2. The van der Waals surface area contributed by atoms with Crippen LogP contribution < -0.4 is 21.3 Å². The molecule has 0 saturated carbocycles. The van der Waals surface area contributed by atoms with Crippen LogP contribution in [0.15, 0.2) is 14.6 Å². The number of carbonyl (C=O) groups is 6. The third-order valence-electron chi connectivity index (χ3n) is 2.66. The van der Waals surface area contributed by atoms with Gasteiger partial charge < -0.3 is 0 Å². The second kappa shape index (κ2) is 5.72. The molecule has 0 atom stereocenters. The first kappa shape index (κ1) is 15.6. The number of hydrogen-bond donors (Lipinski definition) is 4. The van der Waals surface area contributed by atoms with Crippen LogP contribution in [-0.2, 0) is 19.2 Å². The Labute approximate surface area is 134 Å². The Balaban J connectivity index is 1.96. The van der Waals surface area contributed by atoms with Gasteiger partial charge >= 0.3 is 12.1 Å². The SMILES string of the molecule is O=C1NC(=O)C(=Nc2nonc2N=C2C(=O)NC(=O)NC2=O)C(=O)N1. The number of carbonyl (C=O) groups excluding carboxylic acids is 6. The minimum atomic E-state index is -1.12. The van der Waals surface area contributed by atoms with Gasteiger partial charge in [-0.05, 0) is 10.3 Å². The van der Waals surface area contributed by atoms with Crippen LogP contribution in [-0.4, -0.2) is 57.4 Å². The van der Waals surface area contributed by atoms with Crippen LogP contribution >= 0.6 is 0 Å². The summed E-state index contributed by atoms with van der Waals surface area (Å²) in [5.74, 6) is -5.52. The smallest absolute Gasteiger partial charge is 0.272 e. The zero-order valence-corrected chi connectivity index (χ0v) is 11.6. The van der Waals surface area contributed by atoms with Gasteiger partial charge in [0.25, 0.3) is 23.6 Å². The zero-order valence-electron chi connectivity index (χ0n) is 11.6. The molecule has 2 fully saturated rings. The molecule has 8 amide bonds. The summed E-state index contributed by atoms with van der Waals surface area (Å²) < 4.78 is 4.34. The Kier molecular flexibility index (Phi) is 3.57. The average Bonchev–Trinajstić information content (AvgIpc) is 2.93. The van der Waals surface area contributed by atoms with E-state index in [1.165, 1.54) is 0 Å². The van der Waals surface area contributed by atoms with Crippen LogP contribution in [0.3, 0.4) is 0 Å². The van der Waals surface area contributed by atoms with E-state index in [4.69, 9.17) is 0 Å². The van der Waals surface area contributed by atoms with Gasteiger partial charge in [0.2, 0.25) is 11.6 Å². The zero-order chi connectivity index (χ0) is 18.1. The molecule has 2 aliphatic rings. The number of nitrogens with one attached hydrogen (secondary N) is 4. The Morgan fingerprint density at radius 2 is 0.920 bits per heavy atom. The van der Waals surface area contributed by atoms with Crippen LogP contribution in [0.25, 0.3) is 0 Å². The van der Waals surface area contributed by atoms with Crippen molar-refractivity contribution in [1.29, 1.82) is 0 Å². The number of aliphatic imine (C=N–C) groups is 2. The van der Waals surface area contributed by atoms with E-state index >= 15 is 0 Å². The molecule has 0 spiro atoms. The van der Waals surface area contributed by atoms with Crippen molar-refractivity contribution in [2.75, 3.05) is 0 Å². The third-order valence-corrected chi connectivity index (χ3v) is 2.66. The highest BCUT2D eigenvalue weighted by Crippen LogP contribution is 2.23. The topological polar surface area (TPSA) is 214 Å². The van der Waals surface area contributed by atoms with Crippen LogP contribution in [0, 0.1) is 0 Å². The van der Waals surface area contributed by atoms with E-state index in [2.05, 4.69) is 24.9 Å². The van der Waals surface area contributed by atoms with Gasteiger partial charge in [-0.3, -0.25) is 40.4 Å². The molecule has 15 nitrogen and oxygen atoms in total. The van der Waals surface area contributed by atoms with Gasteiger partial charge in [-0.15, -0.1) is 0 Å². The quantitative estimate of drug-likeness (QED) is 0.426. The highest BCUT2D eigenvalue weighted by molar-refractivity contribution is 6.69. The summed E-state index contributed by atoms with van der Waals surface area (Å²) in [6, 6.07) is -2.07. The molecule has 2 saturated heterocycles. The molecule has 15 heteroatoms. The fourth-order valence-corrected chi connectivity index (χ4v) is 1.65. The van der Waals surface area contributed by atoms with Crippen molar-refractivity contribution in [2.24, 2.45) is 9.98 Å². The normalized spacial score (nSPS) is 17.6. The number of barbiturate groups is 2. The van der Waals surface area contributed by atoms with Crippen molar-refractivity contribution in [3.05, 3.63) is 0 Å². The number of hydrogen-bond acceptors (Lipinski definition) is 11. The maximum Gasteiger partial charge on any atom is 0.328 e. The summed E-state index contributed by atoms with van der Waals surface area (Å²) in [5.41, 5.74) is -1.52. The maximum atomic E-state index is 11.6. The molecule has 3 rings (SSSR count). The van der Waals surface area contributed by atoms with E-state index in [0.29, 0.717) is 0 Å². The van der Waals surface area contributed by atoms with Crippen molar-refractivity contribution >= 4 is 58.8 Å². The lowest BCUT2D eigenvalue weighted by atomic mass is 10.3. The van der Waals surface area contributed by atoms with E-state index in [1.54, 1.807) is 21.3 Å². The number of aromatic nitrogens is 2. The van der Waals surface area contributed by atoms with Gasteiger partial charge in [0.15, 0.2) is 11.4 Å². The van der Waals surface area contributed by atoms with Gasteiger partial charge in [-0.2, -0.15) is 0 Å². The van der Waals surface area contributed by atoms with Crippen LogP contribution in [0.1, 0.15) is 0 Å². The van der Waals surface area contributed by atoms with Crippen molar-refractivity contribution in [2.45, 2.75) is 0 Å². The summed E-state index contributed by atoms with van der Waals surface area (Å²) in [4.78, 5) is 75.3. The minimum absolute atomic E-state index is 0.528. The minimum Gasteiger partial charge on any atom is -0.272 e. The number of urea groups is 2. The molecule has 0 aromatic carbocycles. The Bertz CT molecular complexity index is 809. The van der Waals surface area contributed by atoms with Crippen molar-refractivity contribution < 1.29 is 33.4 Å². The molecular weight excluding hydrogens is 344 g/mol. The summed E-state index contributed by atoms with van der Waals surface area (Å²) >= 11 is 0. The molecule has 25 heavy (non-hydrogen) atoms. The molecule has 1 aromatic rings. The fraction of sp³-hybridized carbons (Fsp3) is 0. The monoisotopic (exact) mass is 348 g/mol. The van der Waals surface area contributed by atoms with Crippen molar-refractivity contribution in [3.8, 4) is 0 Å². The van der Waals surface area contributed by atoms with Gasteiger partial charge in [0, 0.05) is 0 Å². The molecule has 1 aromatic heterocycles. The standard InChI is InChI=1S/C10H4N8O7/c19-5-1(6(20)14-9(23)13-5)11-3-4(18-25-17-3)12-2-7(21)15-10(24)16-8(2)22/h(H2,13,14,19,20,23)(H2,15,16,21,22,24). The van der Waals surface area contributed by atoms with Crippen molar-refractivity contribution in [3.63, 3.8) is 0 Å². The fourth-order valence-electron chi connectivity index (χ4n) is 1.65. The lowest BCUT2D eigenvalue weighted by Gasteiger charge is -2.12. The first-order valence-corrected chi connectivity index (χ1v) is 6.18. The second-order valence-corrected chi connectivity index (χ2v) is 4.31. The number of amides is 8. The molecule has 0 bridgehead atoms. The highest BCUT2D eigenvalue weighted by Gasteiger charge is 2.32. The lowest BCUT2D eigenvalue weighted by Crippen LogP contribution is -2.56. The number of nitrogens with zero attached hydrogens (tertiary/aromatic N) is 4. The predicted octanol–water partition coefficient (Wildman–Crippen LogP) is -3.05. The summed E-state index contributed by atoms with van der Waals surface area (Å²) in [7, 11) is 0. The van der Waals surface area contributed by atoms with Gasteiger partial charge in [-0.1, -0.05) is 0 Å². The summed E-state index contributed by atoms with van der Waals surface area (Å²) in [6.07, 6.45) is 0. The molecule has 2 aliphatic heterocycles. The molecule has 0 radical (unpaired) electrons. The molecule has 0 unspecified atom stereocenters. The maximum absolute atomic E-state index is 11.6. The number of imide groups is 4. The average molecular weight is 348 g/mol. The van der Waals surface area contributed by atoms with Gasteiger partial charge in [-0.25, -0.2) is 24.2 Å². The first-order valence-electron chi connectivity index (χ1n) is 6.18. The highest BCUT2D eigenvalue weighted by atomic mass is 16.6. The molecular formula is C10H4N8O7. The van der Waals surface area contributed by atoms with Gasteiger partial charge in [0.05, 0.1) is 0 Å². The van der Waals surface area contributed by atoms with Crippen molar-refractivity contribution in [1.82, 2.24) is 31.6 Å². The Morgan fingerprint density at radius 3 is 1.24 bits per heavy atom. The van der Waals surface area contributed by atoms with E-state index in [9.17, 15) is 28.8 Å². The van der Waals surface area contributed by atoms with E-state index < -0.39 is 58.8 Å². The van der Waals surface area contributed by atoms with E-state index in [-0.39, 0.29) is 0 Å². The Morgan fingerprint density at radius 1 is 0.600 bits per heavy atom.